The maximum atomic E-state index is 10.4. The summed E-state index contributed by atoms with van der Waals surface area (Å²) in [5.41, 5.74) is 1.99. The second kappa shape index (κ2) is 7.61. The predicted molar refractivity (Wildman–Crippen MR) is 86.5 cm³/mol. The van der Waals surface area contributed by atoms with Crippen LogP contribution in [0.15, 0.2) is 34.9 Å². The fourth-order valence-electron chi connectivity index (χ4n) is 2.22. The molecule has 4 nitrogen and oxygen atoms in total. The van der Waals surface area contributed by atoms with Crippen molar-refractivity contribution in [2.24, 2.45) is 0 Å². The van der Waals surface area contributed by atoms with Gasteiger partial charge in [-0.2, -0.15) is 5.10 Å². The first-order valence-electron chi connectivity index (χ1n) is 7.20. The number of hydrogen-bond acceptors (Lipinski definition) is 3. The molecule has 1 N–H and O–H groups in total. The van der Waals surface area contributed by atoms with E-state index in [-0.39, 0.29) is 0 Å². The molecule has 0 radical (unpaired) electrons. The van der Waals surface area contributed by atoms with Gasteiger partial charge in [0.25, 0.3) is 0 Å². The molecule has 5 heteroatoms. The van der Waals surface area contributed by atoms with Crippen molar-refractivity contribution in [3.63, 3.8) is 0 Å². The molecule has 0 aliphatic rings. The van der Waals surface area contributed by atoms with Gasteiger partial charge >= 0.3 is 0 Å². The van der Waals surface area contributed by atoms with Crippen LogP contribution in [0.4, 0.5) is 0 Å². The van der Waals surface area contributed by atoms with Crippen LogP contribution in [0.3, 0.4) is 0 Å². The van der Waals surface area contributed by atoms with Crippen molar-refractivity contribution in [3.8, 4) is 5.75 Å². The summed E-state index contributed by atoms with van der Waals surface area (Å²) in [6, 6.07) is 7.91. The molecule has 114 valence electrons. The first kappa shape index (κ1) is 16.0. The molecule has 21 heavy (non-hydrogen) atoms. The van der Waals surface area contributed by atoms with E-state index in [9.17, 15) is 5.11 Å². The Labute approximate surface area is 133 Å². The summed E-state index contributed by atoms with van der Waals surface area (Å²) in [7, 11) is 0. The lowest BCUT2D eigenvalue weighted by Crippen LogP contribution is -2.12. The Hall–Kier alpha value is -1.33. The van der Waals surface area contributed by atoms with Gasteiger partial charge in [0.05, 0.1) is 23.0 Å². The third kappa shape index (κ3) is 4.32. The molecule has 1 aromatic heterocycles. The lowest BCUT2D eigenvalue weighted by Gasteiger charge is -2.14. The summed E-state index contributed by atoms with van der Waals surface area (Å²) < 4.78 is 8.39. The molecule has 0 saturated heterocycles. The Kier molecular flexibility index (Phi) is 5.82. The highest BCUT2D eigenvalue weighted by molar-refractivity contribution is 9.10. The maximum absolute atomic E-state index is 10.4. The normalized spacial score (nSPS) is 12.4. The zero-order valence-electron chi connectivity index (χ0n) is 12.4. The lowest BCUT2D eigenvalue weighted by atomic mass is 10.2. The standard InChI is InChI=1S/C16H21BrN2O2/c1-3-8-19-16(14(17)11-18-19)15(20)7-9-21-13-6-4-5-12(2)10-13/h4-6,10-11,15,20H,3,7-9H2,1-2H3. The Morgan fingerprint density at radius 1 is 1.43 bits per heavy atom. The van der Waals surface area contributed by atoms with E-state index < -0.39 is 6.10 Å². The van der Waals surface area contributed by atoms with Crippen LogP contribution in [-0.4, -0.2) is 21.5 Å². The Balaban J connectivity index is 1.93. The second-order valence-corrected chi connectivity index (χ2v) is 5.92. The summed E-state index contributed by atoms with van der Waals surface area (Å²) in [4.78, 5) is 0. The van der Waals surface area contributed by atoms with Crippen molar-refractivity contribution >= 4 is 15.9 Å². The first-order valence-corrected chi connectivity index (χ1v) is 8.00. The van der Waals surface area contributed by atoms with Crippen LogP contribution >= 0.6 is 15.9 Å². The average molecular weight is 353 g/mol. The molecule has 0 fully saturated rings. The summed E-state index contributed by atoms with van der Waals surface area (Å²) in [6.07, 6.45) is 2.66. The number of benzene rings is 1. The quantitative estimate of drug-likeness (QED) is 0.822. The Morgan fingerprint density at radius 3 is 2.95 bits per heavy atom. The van der Waals surface area contributed by atoms with Gasteiger partial charge in [0.1, 0.15) is 11.9 Å². The fourth-order valence-corrected chi connectivity index (χ4v) is 2.78. The molecule has 1 heterocycles. The minimum Gasteiger partial charge on any atom is -0.493 e. The molecular formula is C16H21BrN2O2. The topological polar surface area (TPSA) is 47.3 Å². The highest BCUT2D eigenvalue weighted by Gasteiger charge is 2.17. The molecule has 0 aliphatic carbocycles. The number of aliphatic hydroxyl groups is 1. The van der Waals surface area contributed by atoms with Crippen LogP contribution in [0.1, 0.15) is 37.1 Å². The van der Waals surface area contributed by atoms with E-state index in [0.29, 0.717) is 13.0 Å². The fraction of sp³-hybridized carbons (Fsp3) is 0.438. The van der Waals surface area contributed by atoms with Crippen molar-refractivity contribution in [1.29, 1.82) is 0 Å². The maximum Gasteiger partial charge on any atom is 0.119 e. The largest absolute Gasteiger partial charge is 0.493 e. The van der Waals surface area contributed by atoms with Gasteiger partial charge in [0.15, 0.2) is 0 Å². The average Bonchev–Trinajstić information content (AvgIpc) is 2.80. The molecule has 0 bridgehead atoms. The van der Waals surface area contributed by atoms with Gasteiger partial charge in [-0.15, -0.1) is 0 Å². The highest BCUT2D eigenvalue weighted by atomic mass is 79.9. The van der Waals surface area contributed by atoms with Crippen LogP contribution in [0, 0.1) is 6.92 Å². The van der Waals surface area contributed by atoms with Crippen molar-refractivity contribution in [2.75, 3.05) is 6.61 Å². The smallest absolute Gasteiger partial charge is 0.119 e. The molecule has 2 rings (SSSR count). The highest BCUT2D eigenvalue weighted by Crippen LogP contribution is 2.26. The molecule has 0 aliphatic heterocycles. The van der Waals surface area contributed by atoms with E-state index in [0.717, 1.165) is 34.4 Å². The number of aromatic nitrogens is 2. The van der Waals surface area contributed by atoms with E-state index in [1.807, 2.05) is 35.9 Å². The van der Waals surface area contributed by atoms with E-state index in [4.69, 9.17) is 4.74 Å². The summed E-state index contributed by atoms with van der Waals surface area (Å²) >= 11 is 3.45. The number of aryl methyl sites for hydroxylation is 2. The first-order chi connectivity index (χ1) is 10.1. The minimum absolute atomic E-state index is 0.467. The summed E-state index contributed by atoms with van der Waals surface area (Å²) in [6.45, 7) is 5.39. The molecular weight excluding hydrogens is 332 g/mol. The monoisotopic (exact) mass is 352 g/mol. The van der Waals surface area contributed by atoms with Gasteiger partial charge in [0.2, 0.25) is 0 Å². The van der Waals surface area contributed by atoms with Gasteiger partial charge in [-0.1, -0.05) is 19.1 Å². The summed E-state index contributed by atoms with van der Waals surface area (Å²) in [5, 5.41) is 14.6. The van der Waals surface area contributed by atoms with Crippen LogP contribution < -0.4 is 4.74 Å². The van der Waals surface area contributed by atoms with E-state index in [1.165, 1.54) is 0 Å². The minimum atomic E-state index is -0.585. The molecule has 0 amide bonds. The van der Waals surface area contributed by atoms with Crippen LogP contribution in [0.5, 0.6) is 5.75 Å². The number of nitrogens with zero attached hydrogens (tertiary/aromatic N) is 2. The van der Waals surface area contributed by atoms with E-state index >= 15 is 0 Å². The molecule has 1 atom stereocenters. The zero-order chi connectivity index (χ0) is 15.2. The van der Waals surface area contributed by atoms with Gasteiger partial charge in [-0.25, -0.2) is 0 Å². The van der Waals surface area contributed by atoms with Crippen LogP contribution in [0.2, 0.25) is 0 Å². The van der Waals surface area contributed by atoms with Gasteiger partial charge < -0.3 is 9.84 Å². The van der Waals surface area contributed by atoms with Crippen molar-refractivity contribution in [3.05, 3.63) is 46.2 Å². The van der Waals surface area contributed by atoms with E-state index in [1.54, 1.807) is 6.20 Å². The third-order valence-electron chi connectivity index (χ3n) is 3.23. The third-order valence-corrected chi connectivity index (χ3v) is 3.84. The summed E-state index contributed by atoms with van der Waals surface area (Å²) in [5.74, 6) is 0.836. The van der Waals surface area contributed by atoms with Gasteiger partial charge in [-0.3, -0.25) is 4.68 Å². The Bertz CT molecular complexity index is 583. The number of ether oxygens (including phenoxy) is 1. The zero-order valence-corrected chi connectivity index (χ0v) is 14.0. The molecule has 1 unspecified atom stereocenters. The van der Waals surface area contributed by atoms with E-state index in [2.05, 4.69) is 28.0 Å². The van der Waals surface area contributed by atoms with Crippen molar-refractivity contribution in [1.82, 2.24) is 9.78 Å². The van der Waals surface area contributed by atoms with Crippen molar-refractivity contribution in [2.45, 2.75) is 39.3 Å². The van der Waals surface area contributed by atoms with Crippen LogP contribution in [-0.2, 0) is 6.54 Å². The number of aliphatic hydroxyl groups excluding tert-OH is 1. The molecule has 1 aromatic carbocycles. The van der Waals surface area contributed by atoms with Gasteiger partial charge in [-0.05, 0) is 47.0 Å². The van der Waals surface area contributed by atoms with Gasteiger partial charge in [0, 0.05) is 13.0 Å². The molecule has 0 spiro atoms. The SMILES string of the molecule is CCCn1ncc(Br)c1C(O)CCOc1cccc(C)c1. The molecule has 2 aromatic rings. The Morgan fingerprint density at radius 2 is 2.24 bits per heavy atom. The number of halogens is 1. The predicted octanol–water partition coefficient (Wildman–Crippen LogP) is 3.87. The number of hydrogen-bond donors (Lipinski definition) is 1. The van der Waals surface area contributed by atoms with Crippen molar-refractivity contribution < 1.29 is 9.84 Å². The molecule has 0 saturated carbocycles. The second-order valence-electron chi connectivity index (χ2n) is 5.07. The lowest BCUT2D eigenvalue weighted by molar-refractivity contribution is 0.131. The number of rotatable bonds is 7. The van der Waals surface area contributed by atoms with Crippen LogP contribution in [0.25, 0.3) is 0 Å².